The second-order valence-corrected chi connectivity index (χ2v) is 6.37. The van der Waals surface area contributed by atoms with Crippen molar-refractivity contribution in [2.24, 2.45) is 0 Å². The van der Waals surface area contributed by atoms with Crippen LogP contribution in [0.15, 0.2) is 18.2 Å². The van der Waals surface area contributed by atoms with E-state index in [9.17, 15) is 17.2 Å². The van der Waals surface area contributed by atoms with Gasteiger partial charge < -0.3 is 5.32 Å². The Morgan fingerprint density at radius 3 is 2.82 bits per heavy atom. The lowest BCUT2D eigenvalue weighted by molar-refractivity contribution is 0.523. The molecule has 17 heavy (non-hydrogen) atoms. The number of sulfone groups is 1. The average Bonchev–Trinajstić information content (AvgIpc) is 2.43. The van der Waals surface area contributed by atoms with Crippen molar-refractivity contribution in [1.29, 1.82) is 0 Å². The van der Waals surface area contributed by atoms with Crippen LogP contribution in [0.1, 0.15) is 18.0 Å². The Morgan fingerprint density at radius 1 is 1.29 bits per heavy atom. The predicted octanol–water partition coefficient (Wildman–Crippen LogP) is 1.41. The third kappa shape index (κ3) is 3.01. The van der Waals surface area contributed by atoms with E-state index < -0.39 is 27.5 Å². The fourth-order valence-electron chi connectivity index (χ4n) is 1.95. The van der Waals surface area contributed by atoms with E-state index in [1.807, 2.05) is 0 Å². The summed E-state index contributed by atoms with van der Waals surface area (Å²) in [6.45, 7) is 0.486. The van der Waals surface area contributed by atoms with E-state index in [1.54, 1.807) is 0 Å². The summed E-state index contributed by atoms with van der Waals surface area (Å²) in [6, 6.07) is 2.42. The highest BCUT2D eigenvalue weighted by Crippen LogP contribution is 2.22. The van der Waals surface area contributed by atoms with Crippen molar-refractivity contribution < 1.29 is 17.2 Å². The molecule has 1 aliphatic heterocycles. The summed E-state index contributed by atoms with van der Waals surface area (Å²) in [5, 5.41) is 2.94. The molecule has 1 fully saturated rings. The fraction of sp³-hybridized carbons (Fsp3) is 0.455. The summed E-state index contributed by atoms with van der Waals surface area (Å²) in [5.74, 6) is -1.24. The van der Waals surface area contributed by atoms with Gasteiger partial charge in [0.05, 0.1) is 11.5 Å². The Balaban J connectivity index is 2.35. The van der Waals surface area contributed by atoms with E-state index in [2.05, 4.69) is 5.32 Å². The van der Waals surface area contributed by atoms with Crippen molar-refractivity contribution in [1.82, 2.24) is 5.32 Å². The van der Waals surface area contributed by atoms with Gasteiger partial charge in [-0.3, -0.25) is 0 Å². The van der Waals surface area contributed by atoms with Crippen LogP contribution in [0, 0.1) is 11.6 Å². The number of nitrogens with one attached hydrogen (secondary N) is 1. The van der Waals surface area contributed by atoms with E-state index in [0.29, 0.717) is 13.0 Å². The Morgan fingerprint density at radius 2 is 2.06 bits per heavy atom. The van der Waals surface area contributed by atoms with Crippen LogP contribution in [0.2, 0.25) is 0 Å². The zero-order chi connectivity index (χ0) is 12.5. The van der Waals surface area contributed by atoms with Crippen LogP contribution in [-0.4, -0.2) is 26.5 Å². The Hall–Kier alpha value is -1.01. The molecule has 0 bridgehead atoms. The lowest BCUT2D eigenvalue weighted by Gasteiger charge is -2.16. The lowest BCUT2D eigenvalue weighted by Crippen LogP contribution is -2.26. The molecule has 1 unspecified atom stereocenters. The maximum atomic E-state index is 13.5. The summed E-state index contributed by atoms with van der Waals surface area (Å²) >= 11 is 0. The SMILES string of the molecule is O=S1(=O)CCCNC(c2cc(F)ccc2F)C1. The molecular weight excluding hydrogens is 248 g/mol. The van der Waals surface area contributed by atoms with E-state index in [1.165, 1.54) is 0 Å². The largest absolute Gasteiger partial charge is 0.309 e. The van der Waals surface area contributed by atoms with E-state index >= 15 is 0 Å². The first-order valence-electron chi connectivity index (χ1n) is 5.37. The lowest BCUT2D eigenvalue weighted by atomic mass is 10.1. The smallest absolute Gasteiger partial charge is 0.152 e. The van der Waals surface area contributed by atoms with Gasteiger partial charge in [0.2, 0.25) is 0 Å². The highest BCUT2D eigenvalue weighted by Gasteiger charge is 2.25. The summed E-state index contributed by atoms with van der Waals surface area (Å²) in [6.07, 6.45) is 0.496. The third-order valence-corrected chi connectivity index (χ3v) is 4.53. The third-order valence-electron chi connectivity index (χ3n) is 2.78. The highest BCUT2D eigenvalue weighted by molar-refractivity contribution is 7.91. The first kappa shape index (κ1) is 12.4. The molecule has 1 aromatic rings. The summed E-state index contributed by atoms with van der Waals surface area (Å²) in [4.78, 5) is 0. The second-order valence-electron chi connectivity index (χ2n) is 4.14. The van der Waals surface area contributed by atoms with Gasteiger partial charge in [0.25, 0.3) is 0 Å². The van der Waals surface area contributed by atoms with Crippen molar-refractivity contribution >= 4 is 9.84 Å². The number of rotatable bonds is 1. The van der Waals surface area contributed by atoms with Gasteiger partial charge in [0.15, 0.2) is 9.84 Å². The number of benzene rings is 1. The van der Waals surface area contributed by atoms with Gasteiger partial charge >= 0.3 is 0 Å². The highest BCUT2D eigenvalue weighted by atomic mass is 32.2. The van der Waals surface area contributed by atoms with Crippen molar-refractivity contribution in [3.8, 4) is 0 Å². The molecular formula is C11H13F2NO2S. The minimum absolute atomic E-state index is 0.0791. The molecule has 1 atom stereocenters. The molecule has 0 spiro atoms. The molecule has 6 heteroatoms. The van der Waals surface area contributed by atoms with Crippen LogP contribution in [0.5, 0.6) is 0 Å². The van der Waals surface area contributed by atoms with Gasteiger partial charge in [-0.2, -0.15) is 0 Å². The van der Waals surface area contributed by atoms with Gasteiger partial charge in [-0.25, -0.2) is 17.2 Å². The first-order chi connectivity index (χ1) is 7.98. The van der Waals surface area contributed by atoms with Crippen molar-refractivity contribution in [2.75, 3.05) is 18.1 Å². The van der Waals surface area contributed by atoms with Gasteiger partial charge in [0.1, 0.15) is 11.6 Å². The molecule has 0 amide bonds. The van der Waals surface area contributed by atoms with E-state index in [0.717, 1.165) is 18.2 Å². The minimum atomic E-state index is -3.20. The molecule has 0 aliphatic carbocycles. The van der Waals surface area contributed by atoms with Crippen molar-refractivity contribution in [3.63, 3.8) is 0 Å². The summed E-state index contributed by atoms with van der Waals surface area (Å²) in [5.41, 5.74) is 0.0791. The topological polar surface area (TPSA) is 46.2 Å². The number of halogens is 2. The van der Waals surface area contributed by atoms with Crippen molar-refractivity contribution in [2.45, 2.75) is 12.5 Å². The molecule has 1 aromatic carbocycles. The summed E-state index contributed by atoms with van der Waals surface area (Å²) in [7, 11) is -3.20. The minimum Gasteiger partial charge on any atom is -0.309 e. The zero-order valence-electron chi connectivity index (χ0n) is 9.12. The molecule has 1 saturated heterocycles. The van der Waals surface area contributed by atoms with Crippen molar-refractivity contribution in [3.05, 3.63) is 35.4 Å². The Bertz CT molecular complexity index is 516. The van der Waals surface area contributed by atoms with Crippen LogP contribution < -0.4 is 5.32 Å². The summed E-state index contributed by atoms with van der Waals surface area (Å²) < 4.78 is 49.8. The molecule has 94 valence electrons. The quantitative estimate of drug-likeness (QED) is 0.831. The van der Waals surface area contributed by atoms with Gasteiger partial charge in [-0.15, -0.1) is 0 Å². The molecule has 0 aromatic heterocycles. The van der Waals surface area contributed by atoms with E-state index in [-0.39, 0.29) is 17.1 Å². The average molecular weight is 261 g/mol. The maximum Gasteiger partial charge on any atom is 0.152 e. The maximum absolute atomic E-state index is 13.5. The van der Waals surface area contributed by atoms with Crippen LogP contribution in [0.25, 0.3) is 0 Å². The van der Waals surface area contributed by atoms with Gasteiger partial charge in [-0.1, -0.05) is 0 Å². The normalized spacial score (nSPS) is 24.2. The molecule has 1 heterocycles. The molecule has 0 radical (unpaired) electrons. The van der Waals surface area contributed by atoms with Crippen LogP contribution in [0.4, 0.5) is 8.78 Å². The van der Waals surface area contributed by atoms with Gasteiger partial charge in [0, 0.05) is 11.6 Å². The van der Waals surface area contributed by atoms with Crippen LogP contribution in [-0.2, 0) is 9.84 Å². The number of hydrogen-bond acceptors (Lipinski definition) is 3. The predicted molar refractivity (Wildman–Crippen MR) is 60.4 cm³/mol. The molecule has 0 saturated carbocycles. The monoisotopic (exact) mass is 261 g/mol. The molecule has 2 rings (SSSR count). The second kappa shape index (κ2) is 4.70. The Labute approximate surface area is 98.8 Å². The molecule has 1 aliphatic rings. The Kier molecular flexibility index (Phi) is 3.44. The molecule has 3 nitrogen and oxygen atoms in total. The molecule has 1 N–H and O–H groups in total. The van der Waals surface area contributed by atoms with Crippen LogP contribution in [0.3, 0.4) is 0 Å². The first-order valence-corrected chi connectivity index (χ1v) is 7.19. The van der Waals surface area contributed by atoms with Crippen LogP contribution >= 0.6 is 0 Å². The number of hydrogen-bond donors (Lipinski definition) is 1. The standard InChI is InChI=1S/C11H13F2NO2S/c12-8-2-3-10(13)9(6-8)11-7-17(15,16)5-1-4-14-11/h2-3,6,11,14H,1,4-5,7H2. The fourth-order valence-corrected chi connectivity index (χ4v) is 3.50. The zero-order valence-corrected chi connectivity index (χ0v) is 9.93. The van der Waals surface area contributed by atoms with E-state index in [4.69, 9.17) is 0 Å². The van der Waals surface area contributed by atoms with Gasteiger partial charge in [-0.05, 0) is 31.2 Å².